The maximum atomic E-state index is 12.4. The van der Waals surface area contributed by atoms with Crippen molar-refractivity contribution < 1.29 is 4.79 Å². The zero-order valence-corrected chi connectivity index (χ0v) is 19.4. The van der Waals surface area contributed by atoms with Gasteiger partial charge < -0.3 is 25.3 Å². The molecule has 2 aliphatic heterocycles. The van der Waals surface area contributed by atoms with Crippen molar-refractivity contribution in [3.63, 3.8) is 0 Å². The van der Waals surface area contributed by atoms with Gasteiger partial charge in [0.15, 0.2) is 5.96 Å². The highest BCUT2D eigenvalue weighted by Crippen LogP contribution is 2.17. The maximum Gasteiger partial charge on any atom is 0.223 e. The molecular weight excluding hydrogens is 388 g/mol. The van der Waals surface area contributed by atoms with E-state index >= 15 is 0 Å². The molecule has 1 amide bonds. The van der Waals surface area contributed by atoms with Crippen molar-refractivity contribution in [1.82, 2.24) is 25.3 Å². The number of carbonyl (C=O) groups is 1. The van der Waals surface area contributed by atoms with E-state index in [1.807, 2.05) is 18.0 Å². The van der Waals surface area contributed by atoms with E-state index in [-0.39, 0.29) is 5.91 Å². The van der Waals surface area contributed by atoms with Gasteiger partial charge in [-0.15, -0.1) is 0 Å². The highest BCUT2D eigenvalue weighted by Gasteiger charge is 2.29. The molecule has 1 aromatic carbocycles. The lowest BCUT2D eigenvalue weighted by Crippen LogP contribution is -2.41. The van der Waals surface area contributed by atoms with E-state index in [4.69, 9.17) is 0 Å². The van der Waals surface area contributed by atoms with Crippen LogP contribution in [0.15, 0.2) is 35.3 Å². The van der Waals surface area contributed by atoms with E-state index in [0.717, 1.165) is 51.5 Å². The summed E-state index contributed by atoms with van der Waals surface area (Å²) in [5.41, 5.74) is 1.29. The largest absolute Gasteiger partial charge is 0.356 e. The van der Waals surface area contributed by atoms with Crippen LogP contribution in [0.5, 0.6) is 0 Å². The normalized spacial score (nSPS) is 21.4. The van der Waals surface area contributed by atoms with Gasteiger partial charge in [-0.25, -0.2) is 0 Å². The van der Waals surface area contributed by atoms with Crippen molar-refractivity contribution in [2.75, 3.05) is 73.0 Å². The second kappa shape index (κ2) is 12.7. The van der Waals surface area contributed by atoms with Crippen molar-refractivity contribution >= 4 is 11.9 Å². The fourth-order valence-corrected chi connectivity index (χ4v) is 4.41. The van der Waals surface area contributed by atoms with Gasteiger partial charge in [0.2, 0.25) is 5.91 Å². The number of benzene rings is 1. The van der Waals surface area contributed by atoms with Crippen LogP contribution in [0.1, 0.15) is 24.8 Å². The van der Waals surface area contributed by atoms with Crippen LogP contribution in [-0.2, 0) is 11.2 Å². The Morgan fingerprint density at radius 2 is 1.94 bits per heavy atom. The average Bonchev–Trinajstić information content (AvgIpc) is 3.01. The molecule has 172 valence electrons. The highest BCUT2D eigenvalue weighted by molar-refractivity contribution is 5.80. The van der Waals surface area contributed by atoms with Crippen LogP contribution >= 0.6 is 0 Å². The van der Waals surface area contributed by atoms with Crippen LogP contribution in [0.4, 0.5) is 0 Å². The van der Waals surface area contributed by atoms with Crippen molar-refractivity contribution in [3.8, 4) is 0 Å². The van der Waals surface area contributed by atoms with Gasteiger partial charge in [-0.1, -0.05) is 30.3 Å². The van der Waals surface area contributed by atoms with Crippen molar-refractivity contribution in [1.29, 1.82) is 0 Å². The molecule has 3 rings (SSSR count). The summed E-state index contributed by atoms with van der Waals surface area (Å²) in [5.74, 6) is 1.45. The number of carbonyl (C=O) groups excluding carboxylic acids is 1. The van der Waals surface area contributed by atoms with Crippen LogP contribution in [0.2, 0.25) is 0 Å². The van der Waals surface area contributed by atoms with Gasteiger partial charge >= 0.3 is 0 Å². The third-order valence-electron chi connectivity index (χ3n) is 6.35. The quantitative estimate of drug-likeness (QED) is 0.352. The standard InChI is InChI=1S/C24H40N6O/c1-25-24(26-11-6-13-29-14-7-12-28(2)16-17-29)27-19-22-18-23(31)30(20-22)15-10-21-8-4-3-5-9-21/h3-5,8-9,22H,6-7,10-20H2,1-2H3,(H2,25,26,27). The van der Waals surface area contributed by atoms with E-state index in [9.17, 15) is 4.79 Å². The average molecular weight is 429 g/mol. The fourth-order valence-electron chi connectivity index (χ4n) is 4.41. The Hall–Kier alpha value is -2.12. The fraction of sp³-hybridized carbons (Fsp3) is 0.667. The molecule has 2 N–H and O–H groups in total. The molecule has 0 saturated carbocycles. The number of nitrogens with zero attached hydrogens (tertiary/aromatic N) is 4. The Bertz CT molecular complexity index is 695. The second-order valence-corrected chi connectivity index (χ2v) is 8.88. The van der Waals surface area contributed by atoms with Crippen LogP contribution in [0.25, 0.3) is 0 Å². The summed E-state index contributed by atoms with van der Waals surface area (Å²) in [6.07, 6.45) is 3.92. The summed E-state index contributed by atoms with van der Waals surface area (Å²) in [6.45, 7) is 9.21. The number of aliphatic imine (C=N–C) groups is 1. The lowest BCUT2D eigenvalue weighted by Gasteiger charge is -2.20. The Morgan fingerprint density at radius 1 is 1.10 bits per heavy atom. The van der Waals surface area contributed by atoms with E-state index in [1.165, 1.54) is 38.2 Å². The Balaban J connectivity index is 1.30. The number of guanidine groups is 1. The summed E-state index contributed by atoms with van der Waals surface area (Å²) in [5, 5.41) is 6.85. The van der Waals surface area contributed by atoms with Gasteiger partial charge in [-0.3, -0.25) is 9.79 Å². The zero-order chi connectivity index (χ0) is 21.9. The van der Waals surface area contributed by atoms with E-state index in [0.29, 0.717) is 12.3 Å². The molecule has 2 saturated heterocycles. The zero-order valence-electron chi connectivity index (χ0n) is 19.4. The minimum atomic E-state index is 0.272. The molecule has 1 atom stereocenters. The van der Waals surface area contributed by atoms with Crippen LogP contribution in [-0.4, -0.2) is 99.6 Å². The predicted molar refractivity (Wildman–Crippen MR) is 127 cm³/mol. The molecule has 2 heterocycles. The van der Waals surface area contributed by atoms with Crippen molar-refractivity contribution in [3.05, 3.63) is 35.9 Å². The van der Waals surface area contributed by atoms with Gasteiger partial charge in [-0.2, -0.15) is 0 Å². The summed E-state index contributed by atoms with van der Waals surface area (Å²) < 4.78 is 0. The number of likely N-dealkylation sites (N-methyl/N-ethyl adjacent to an activating group) is 1. The summed E-state index contributed by atoms with van der Waals surface area (Å²) in [4.78, 5) is 23.7. The SMILES string of the molecule is CN=C(NCCCN1CCCN(C)CC1)NCC1CC(=O)N(CCc2ccccc2)C1. The first-order valence-electron chi connectivity index (χ1n) is 11.8. The second-order valence-electron chi connectivity index (χ2n) is 8.88. The minimum Gasteiger partial charge on any atom is -0.356 e. The van der Waals surface area contributed by atoms with Crippen molar-refractivity contribution in [2.24, 2.45) is 10.9 Å². The van der Waals surface area contributed by atoms with E-state index < -0.39 is 0 Å². The van der Waals surface area contributed by atoms with E-state index in [1.54, 1.807) is 0 Å². The molecule has 0 radical (unpaired) electrons. The first-order valence-corrected chi connectivity index (χ1v) is 11.8. The maximum absolute atomic E-state index is 12.4. The van der Waals surface area contributed by atoms with E-state index in [2.05, 4.69) is 56.7 Å². The Labute approximate surface area is 187 Å². The smallest absolute Gasteiger partial charge is 0.223 e. The number of likely N-dealkylation sites (tertiary alicyclic amines) is 1. The molecule has 1 aromatic rings. The van der Waals surface area contributed by atoms with Gasteiger partial charge in [0.05, 0.1) is 0 Å². The molecule has 31 heavy (non-hydrogen) atoms. The first kappa shape index (κ1) is 23.5. The molecule has 1 unspecified atom stereocenters. The molecule has 7 nitrogen and oxygen atoms in total. The molecule has 0 bridgehead atoms. The first-order chi connectivity index (χ1) is 15.1. The Kier molecular flexibility index (Phi) is 9.62. The van der Waals surface area contributed by atoms with Crippen molar-refractivity contribution in [2.45, 2.75) is 25.7 Å². The van der Waals surface area contributed by atoms with Gasteiger partial charge in [0.1, 0.15) is 0 Å². The number of hydrogen-bond donors (Lipinski definition) is 2. The molecular formula is C24H40N6O. The van der Waals surface area contributed by atoms with Gasteiger partial charge in [0, 0.05) is 58.7 Å². The van der Waals surface area contributed by atoms with Crippen LogP contribution in [0, 0.1) is 5.92 Å². The predicted octanol–water partition coefficient (Wildman–Crippen LogP) is 1.27. The minimum absolute atomic E-state index is 0.272. The topological polar surface area (TPSA) is 63.2 Å². The van der Waals surface area contributed by atoms with Crippen LogP contribution in [0.3, 0.4) is 0 Å². The molecule has 7 heteroatoms. The number of amides is 1. The summed E-state index contributed by atoms with van der Waals surface area (Å²) in [6, 6.07) is 10.4. The lowest BCUT2D eigenvalue weighted by atomic mass is 10.1. The van der Waals surface area contributed by atoms with Gasteiger partial charge in [-0.05, 0) is 51.5 Å². The monoisotopic (exact) mass is 428 g/mol. The van der Waals surface area contributed by atoms with Gasteiger partial charge in [0.25, 0.3) is 0 Å². The summed E-state index contributed by atoms with van der Waals surface area (Å²) >= 11 is 0. The molecule has 0 aromatic heterocycles. The third-order valence-corrected chi connectivity index (χ3v) is 6.35. The number of hydrogen-bond acceptors (Lipinski definition) is 4. The molecule has 0 spiro atoms. The number of rotatable bonds is 9. The highest BCUT2D eigenvalue weighted by atomic mass is 16.2. The molecule has 2 aliphatic rings. The van der Waals surface area contributed by atoms with Crippen LogP contribution < -0.4 is 10.6 Å². The molecule has 0 aliphatic carbocycles. The molecule has 2 fully saturated rings. The Morgan fingerprint density at radius 3 is 2.74 bits per heavy atom. The lowest BCUT2D eigenvalue weighted by molar-refractivity contribution is -0.127. The third kappa shape index (κ3) is 8.15. The summed E-state index contributed by atoms with van der Waals surface area (Å²) in [7, 11) is 4.02. The number of nitrogens with one attached hydrogen (secondary N) is 2.